The second-order valence-electron chi connectivity index (χ2n) is 3.05. The maximum absolute atomic E-state index is 9.77. The molecule has 0 bridgehead atoms. The van der Waals surface area contributed by atoms with Crippen LogP contribution in [0.1, 0.15) is 5.56 Å². The SMILES string of the molecule is Oc1c(Br)cc(/C=N\n2cnnc2)c(O)c1Br. The molecule has 0 saturated heterocycles. The Morgan fingerprint density at radius 3 is 2.47 bits per heavy atom. The minimum atomic E-state index is -0.0949. The molecule has 0 aliphatic carbocycles. The van der Waals surface area contributed by atoms with E-state index in [2.05, 4.69) is 47.2 Å². The Morgan fingerprint density at radius 1 is 1.18 bits per heavy atom. The average molecular weight is 362 g/mol. The van der Waals surface area contributed by atoms with Gasteiger partial charge in [-0.15, -0.1) is 10.2 Å². The number of aromatic hydroxyl groups is 2. The van der Waals surface area contributed by atoms with Gasteiger partial charge >= 0.3 is 0 Å². The van der Waals surface area contributed by atoms with Crippen LogP contribution in [-0.2, 0) is 0 Å². The number of phenols is 2. The summed E-state index contributed by atoms with van der Waals surface area (Å²) in [6.07, 6.45) is 4.25. The first kappa shape index (κ1) is 12.1. The van der Waals surface area contributed by atoms with Crippen molar-refractivity contribution in [1.82, 2.24) is 14.9 Å². The molecule has 1 heterocycles. The Bertz CT molecular complexity index is 569. The topological polar surface area (TPSA) is 83.5 Å². The van der Waals surface area contributed by atoms with Gasteiger partial charge in [-0.2, -0.15) is 5.10 Å². The van der Waals surface area contributed by atoms with Gasteiger partial charge in [-0.3, -0.25) is 0 Å². The van der Waals surface area contributed by atoms with E-state index in [-0.39, 0.29) is 16.0 Å². The van der Waals surface area contributed by atoms with Crippen molar-refractivity contribution >= 4 is 38.1 Å². The molecule has 2 aromatic rings. The van der Waals surface area contributed by atoms with Crippen molar-refractivity contribution in [3.05, 3.63) is 33.2 Å². The Hall–Kier alpha value is -1.41. The summed E-state index contributed by atoms with van der Waals surface area (Å²) in [6, 6.07) is 1.54. The van der Waals surface area contributed by atoms with Crippen LogP contribution in [0.4, 0.5) is 0 Å². The van der Waals surface area contributed by atoms with Gasteiger partial charge in [0.15, 0.2) is 0 Å². The number of benzene rings is 1. The molecular formula is C9H6Br2N4O2. The van der Waals surface area contributed by atoms with Crippen LogP contribution in [0.25, 0.3) is 0 Å². The Kier molecular flexibility index (Phi) is 3.43. The minimum Gasteiger partial charge on any atom is -0.506 e. The lowest BCUT2D eigenvalue weighted by Crippen LogP contribution is -1.89. The molecule has 0 atom stereocenters. The van der Waals surface area contributed by atoms with Crippen LogP contribution in [0.15, 0.2) is 32.8 Å². The van der Waals surface area contributed by atoms with Crippen LogP contribution in [0, 0.1) is 0 Å². The number of aromatic nitrogens is 3. The summed E-state index contributed by atoms with van der Waals surface area (Å²) in [7, 11) is 0. The lowest BCUT2D eigenvalue weighted by Gasteiger charge is -2.05. The molecule has 2 N–H and O–H groups in total. The van der Waals surface area contributed by atoms with Gasteiger partial charge in [-0.1, -0.05) is 0 Å². The molecule has 6 nitrogen and oxygen atoms in total. The predicted molar refractivity (Wildman–Crippen MR) is 68.2 cm³/mol. The van der Waals surface area contributed by atoms with E-state index in [1.165, 1.54) is 23.5 Å². The fraction of sp³-hybridized carbons (Fsp3) is 0. The maximum atomic E-state index is 9.77. The maximum Gasteiger partial charge on any atom is 0.147 e. The van der Waals surface area contributed by atoms with Gasteiger partial charge in [0.25, 0.3) is 0 Å². The normalized spacial score (nSPS) is 11.2. The van der Waals surface area contributed by atoms with Gasteiger partial charge in [0, 0.05) is 5.56 Å². The molecule has 0 radical (unpaired) electrons. The molecule has 0 spiro atoms. The Morgan fingerprint density at radius 2 is 1.82 bits per heavy atom. The lowest BCUT2D eigenvalue weighted by atomic mass is 10.2. The zero-order chi connectivity index (χ0) is 12.4. The van der Waals surface area contributed by atoms with Crippen molar-refractivity contribution in [2.45, 2.75) is 0 Å². The molecule has 0 fully saturated rings. The molecule has 2 rings (SSSR count). The van der Waals surface area contributed by atoms with Crippen molar-refractivity contribution in [2.24, 2.45) is 5.10 Å². The van der Waals surface area contributed by atoms with Crippen LogP contribution in [-0.4, -0.2) is 31.3 Å². The largest absolute Gasteiger partial charge is 0.506 e. The molecular weight excluding hydrogens is 356 g/mol. The second kappa shape index (κ2) is 4.84. The Labute approximate surface area is 113 Å². The van der Waals surface area contributed by atoms with Crippen LogP contribution in [0.2, 0.25) is 0 Å². The summed E-state index contributed by atoms with van der Waals surface area (Å²) in [5.41, 5.74) is 0.440. The van der Waals surface area contributed by atoms with E-state index in [9.17, 15) is 10.2 Å². The fourth-order valence-corrected chi connectivity index (χ4v) is 2.25. The number of hydrogen-bond donors (Lipinski definition) is 2. The van der Waals surface area contributed by atoms with Gasteiger partial charge in [0.1, 0.15) is 28.6 Å². The summed E-state index contributed by atoms with van der Waals surface area (Å²) in [5.74, 6) is -0.161. The number of halogens is 2. The standard InChI is InChI=1S/C9H6Br2N4O2/c10-6-1-5(8(16)7(11)9(6)17)2-14-15-3-12-13-4-15/h1-4,16-17H/b14-2-. The number of nitrogens with zero attached hydrogens (tertiary/aromatic N) is 4. The fourth-order valence-electron chi connectivity index (χ4n) is 1.10. The van der Waals surface area contributed by atoms with Gasteiger partial charge < -0.3 is 10.2 Å². The molecule has 88 valence electrons. The molecule has 0 unspecified atom stereocenters. The van der Waals surface area contributed by atoms with E-state index in [4.69, 9.17) is 0 Å². The van der Waals surface area contributed by atoms with E-state index in [1.54, 1.807) is 6.07 Å². The highest BCUT2D eigenvalue weighted by Gasteiger charge is 2.12. The third-order valence-corrected chi connectivity index (χ3v) is 3.29. The zero-order valence-corrected chi connectivity index (χ0v) is 11.4. The first-order chi connectivity index (χ1) is 8.09. The van der Waals surface area contributed by atoms with Crippen LogP contribution in [0.5, 0.6) is 11.5 Å². The number of rotatable bonds is 2. The molecule has 1 aromatic heterocycles. The number of hydrogen-bond acceptors (Lipinski definition) is 5. The second-order valence-corrected chi connectivity index (χ2v) is 4.69. The third kappa shape index (κ3) is 2.47. The molecule has 0 aliphatic heterocycles. The molecule has 8 heteroatoms. The van der Waals surface area contributed by atoms with Gasteiger partial charge in [-0.05, 0) is 37.9 Å². The van der Waals surface area contributed by atoms with Crippen molar-refractivity contribution < 1.29 is 10.2 Å². The van der Waals surface area contributed by atoms with Crippen LogP contribution >= 0.6 is 31.9 Å². The van der Waals surface area contributed by atoms with E-state index < -0.39 is 0 Å². The van der Waals surface area contributed by atoms with Crippen LogP contribution < -0.4 is 0 Å². The highest BCUT2D eigenvalue weighted by atomic mass is 79.9. The molecule has 1 aromatic carbocycles. The van der Waals surface area contributed by atoms with Gasteiger partial charge in [-0.25, -0.2) is 4.68 Å². The highest BCUT2D eigenvalue weighted by molar-refractivity contribution is 9.11. The number of phenolic OH excluding ortho intramolecular Hbond substituents is 2. The summed E-state index contributed by atoms with van der Waals surface area (Å²) >= 11 is 6.24. The van der Waals surface area contributed by atoms with Crippen LogP contribution in [0.3, 0.4) is 0 Å². The molecule has 17 heavy (non-hydrogen) atoms. The van der Waals surface area contributed by atoms with E-state index in [0.717, 1.165) is 0 Å². The quantitative estimate of drug-likeness (QED) is 0.802. The van der Waals surface area contributed by atoms with E-state index in [1.807, 2.05) is 0 Å². The summed E-state index contributed by atoms with van der Waals surface area (Å²) in [5, 5.41) is 30.5. The van der Waals surface area contributed by atoms with Crippen molar-refractivity contribution in [1.29, 1.82) is 0 Å². The van der Waals surface area contributed by atoms with Gasteiger partial charge in [0.2, 0.25) is 0 Å². The lowest BCUT2D eigenvalue weighted by molar-refractivity contribution is 0.441. The summed E-state index contributed by atoms with van der Waals surface area (Å²) in [4.78, 5) is 0. The monoisotopic (exact) mass is 360 g/mol. The zero-order valence-electron chi connectivity index (χ0n) is 8.25. The third-order valence-electron chi connectivity index (χ3n) is 1.93. The van der Waals surface area contributed by atoms with Gasteiger partial charge in [0.05, 0.1) is 10.7 Å². The summed E-state index contributed by atoms with van der Waals surface area (Å²) < 4.78 is 2.04. The average Bonchev–Trinajstić information content (AvgIpc) is 2.82. The van der Waals surface area contributed by atoms with Crippen molar-refractivity contribution in [2.75, 3.05) is 0 Å². The molecule has 0 amide bonds. The van der Waals surface area contributed by atoms with Crippen molar-refractivity contribution in [3.8, 4) is 11.5 Å². The van der Waals surface area contributed by atoms with Crippen molar-refractivity contribution in [3.63, 3.8) is 0 Å². The molecule has 0 aliphatic rings. The summed E-state index contributed by atoms with van der Waals surface area (Å²) in [6.45, 7) is 0. The first-order valence-electron chi connectivity index (χ1n) is 4.38. The first-order valence-corrected chi connectivity index (χ1v) is 5.97. The predicted octanol–water partition coefficient (Wildman–Crippen LogP) is 2.10. The van der Waals surface area contributed by atoms with E-state index in [0.29, 0.717) is 10.0 Å². The van der Waals surface area contributed by atoms with E-state index >= 15 is 0 Å². The minimum absolute atomic E-state index is 0.0658. The smallest absolute Gasteiger partial charge is 0.147 e. The highest BCUT2D eigenvalue weighted by Crippen LogP contribution is 2.40. The molecule has 0 saturated carbocycles. The Balaban J connectivity index is 2.40.